The average molecular weight is 355 g/mol. The number of aromatic nitrogens is 4. The van der Waals surface area contributed by atoms with E-state index in [1.807, 2.05) is 26.2 Å². The zero-order valence-corrected chi connectivity index (χ0v) is 15.3. The molecule has 0 aromatic carbocycles. The molecule has 0 unspecified atom stereocenters. The van der Waals surface area contributed by atoms with E-state index >= 15 is 0 Å². The molecule has 1 saturated carbocycles. The van der Waals surface area contributed by atoms with Gasteiger partial charge in [0.2, 0.25) is 11.9 Å². The number of H-pyrrole nitrogens is 1. The van der Waals surface area contributed by atoms with Gasteiger partial charge in [-0.05, 0) is 31.7 Å². The standard InChI is InChI=1S/C18H25N7O/c1-24(2)17(26)13-4-3-9-25(11-13)18-19-8-7-15(21-18)20-16-10-14(22-23-16)12-5-6-12/h7-8,10,12-13H,3-6,9,11H2,1-2H3,(H2,19,20,21,22,23)/t13-/m1/s1. The number of carbonyl (C=O) groups excluding carboxylic acids is 1. The fourth-order valence-corrected chi connectivity index (χ4v) is 3.43. The van der Waals surface area contributed by atoms with E-state index in [0.29, 0.717) is 24.2 Å². The smallest absolute Gasteiger partial charge is 0.227 e. The Balaban J connectivity index is 1.45. The molecule has 2 aromatic rings. The van der Waals surface area contributed by atoms with Gasteiger partial charge in [-0.3, -0.25) is 9.89 Å². The molecule has 4 rings (SSSR count). The number of carbonyl (C=O) groups is 1. The molecule has 0 radical (unpaired) electrons. The maximum Gasteiger partial charge on any atom is 0.227 e. The van der Waals surface area contributed by atoms with Crippen molar-refractivity contribution in [2.75, 3.05) is 37.4 Å². The maximum absolute atomic E-state index is 12.3. The van der Waals surface area contributed by atoms with Gasteiger partial charge >= 0.3 is 0 Å². The van der Waals surface area contributed by atoms with E-state index in [1.54, 1.807) is 11.1 Å². The second-order valence-corrected chi connectivity index (χ2v) is 7.37. The van der Waals surface area contributed by atoms with Crippen molar-refractivity contribution in [1.29, 1.82) is 0 Å². The molecule has 1 saturated heterocycles. The summed E-state index contributed by atoms with van der Waals surface area (Å²) in [5, 5.41) is 10.6. The molecule has 1 atom stereocenters. The molecule has 8 nitrogen and oxygen atoms in total. The second kappa shape index (κ2) is 6.93. The first-order valence-electron chi connectivity index (χ1n) is 9.21. The van der Waals surface area contributed by atoms with E-state index in [2.05, 4.69) is 30.4 Å². The predicted molar refractivity (Wildman–Crippen MR) is 99.5 cm³/mol. The summed E-state index contributed by atoms with van der Waals surface area (Å²) in [4.78, 5) is 25.1. The lowest BCUT2D eigenvalue weighted by Gasteiger charge is -2.33. The van der Waals surface area contributed by atoms with Crippen molar-refractivity contribution < 1.29 is 4.79 Å². The molecule has 1 aliphatic carbocycles. The van der Waals surface area contributed by atoms with Crippen LogP contribution in [0.4, 0.5) is 17.6 Å². The fourth-order valence-electron chi connectivity index (χ4n) is 3.43. The van der Waals surface area contributed by atoms with Gasteiger partial charge in [-0.2, -0.15) is 10.1 Å². The van der Waals surface area contributed by atoms with Crippen molar-refractivity contribution in [3.05, 3.63) is 24.0 Å². The van der Waals surface area contributed by atoms with Crippen LogP contribution in [0.25, 0.3) is 0 Å². The molecule has 8 heteroatoms. The first-order valence-corrected chi connectivity index (χ1v) is 9.21. The van der Waals surface area contributed by atoms with Crippen molar-refractivity contribution in [1.82, 2.24) is 25.1 Å². The van der Waals surface area contributed by atoms with Gasteiger partial charge < -0.3 is 15.1 Å². The van der Waals surface area contributed by atoms with Gasteiger partial charge in [-0.25, -0.2) is 4.98 Å². The molecular formula is C18H25N7O. The van der Waals surface area contributed by atoms with Crippen LogP contribution in [0.15, 0.2) is 18.3 Å². The molecule has 2 fully saturated rings. The highest BCUT2D eigenvalue weighted by molar-refractivity contribution is 5.79. The minimum absolute atomic E-state index is 0.00593. The summed E-state index contributed by atoms with van der Waals surface area (Å²) in [7, 11) is 3.62. The Morgan fingerprint density at radius 2 is 2.15 bits per heavy atom. The van der Waals surface area contributed by atoms with Crippen LogP contribution in [0.3, 0.4) is 0 Å². The highest BCUT2D eigenvalue weighted by Crippen LogP contribution is 2.39. The minimum Gasteiger partial charge on any atom is -0.349 e. The molecule has 138 valence electrons. The Hall–Kier alpha value is -2.64. The average Bonchev–Trinajstić information content (AvgIpc) is 3.41. The van der Waals surface area contributed by atoms with Gasteiger partial charge in [0.25, 0.3) is 0 Å². The summed E-state index contributed by atoms with van der Waals surface area (Å²) in [6.07, 6.45) is 6.11. The van der Waals surface area contributed by atoms with E-state index in [0.717, 1.165) is 25.2 Å². The van der Waals surface area contributed by atoms with E-state index < -0.39 is 0 Å². The van der Waals surface area contributed by atoms with E-state index in [4.69, 9.17) is 0 Å². The topological polar surface area (TPSA) is 90.0 Å². The molecule has 26 heavy (non-hydrogen) atoms. The summed E-state index contributed by atoms with van der Waals surface area (Å²) in [6.45, 7) is 1.53. The molecule has 1 aliphatic heterocycles. The van der Waals surface area contributed by atoms with Crippen LogP contribution < -0.4 is 10.2 Å². The lowest BCUT2D eigenvalue weighted by molar-refractivity contribution is -0.133. The van der Waals surface area contributed by atoms with Gasteiger partial charge in [0.05, 0.1) is 5.92 Å². The largest absolute Gasteiger partial charge is 0.349 e. The van der Waals surface area contributed by atoms with Crippen molar-refractivity contribution >= 4 is 23.5 Å². The number of hydrogen-bond donors (Lipinski definition) is 2. The summed E-state index contributed by atoms with van der Waals surface area (Å²) >= 11 is 0. The number of aromatic amines is 1. The number of anilines is 3. The van der Waals surface area contributed by atoms with Crippen molar-refractivity contribution in [2.45, 2.75) is 31.6 Å². The lowest BCUT2D eigenvalue weighted by Crippen LogP contribution is -2.43. The molecule has 0 spiro atoms. The van der Waals surface area contributed by atoms with Gasteiger partial charge in [0.1, 0.15) is 5.82 Å². The minimum atomic E-state index is 0.00593. The Morgan fingerprint density at radius 1 is 1.31 bits per heavy atom. The number of rotatable bonds is 5. The van der Waals surface area contributed by atoms with Gasteiger partial charge in [0, 0.05) is 51.1 Å². The Bertz CT molecular complexity index is 783. The lowest BCUT2D eigenvalue weighted by atomic mass is 9.97. The molecule has 0 bridgehead atoms. The Kier molecular flexibility index (Phi) is 4.48. The number of hydrogen-bond acceptors (Lipinski definition) is 6. The number of nitrogens with zero attached hydrogens (tertiary/aromatic N) is 5. The van der Waals surface area contributed by atoms with Crippen LogP contribution in [0, 0.1) is 5.92 Å². The molecular weight excluding hydrogens is 330 g/mol. The van der Waals surface area contributed by atoms with Crippen LogP contribution in [0.1, 0.15) is 37.3 Å². The third kappa shape index (κ3) is 3.63. The third-order valence-corrected chi connectivity index (χ3v) is 5.01. The summed E-state index contributed by atoms with van der Waals surface area (Å²) in [6, 6.07) is 3.88. The fraction of sp³-hybridized carbons (Fsp3) is 0.556. The van der Waals surface area contributed by atoms with Gasteiger partial charge in [-0.1, -0.05) is 0 Å². The van der Waals surface area contributed by atoms with Gasteiger partial charge in [-0.15, -0.1) is 0 Å². The Labute approximate surface area is 153 Å². The summed E-state index contributed by atoms with van der Waals surface area (Å²) < 4.78 is 0. The van der Waals surface area contributed by atoms with Crippen LogP contribution in [0.2, 0.25) is 0 Å². The highest BCUT2D eigenvalue weighted by Gasteiger charge is 2.28. The zero-order chi connectivity index (χ0) is 18.1. The van der Waals surface area contributed by atoms with Crippen molar-refractivity contribution in [2.24, 2.45) is 5.92 Å². The van der Waals surface area contributed by atoms with Crippen molar-refractivity contribution in [3.8, 4) is 0 Å². The number of piperidine rings is 1. The van der Waals surface area contributed by atoms with Crippen LogP contribution >= 0.6 is 0 Å². The molecule has 2 aromatic heterocycles. The van der Waals surface area contributed by atoms with Crippen LogP contribution in [-0.4, -0.2) is 58.2 Å². The molecule has 3 heterocycles. The first-order chi connectivity index (χ1) is 12.6. The Morgan fingerprint density at radius 3 is 2.92 bits per heavy atom. The van der Waals surface area contributed by atoms with Gasteiger partial charge in [0.15, 0.2) is 5.82 Å². The van der Waals surface area contributed by atoms with E-state index in [9.17, 15) is 4.79 Å². The quantitative estimate of drug-likeness (QED) is 0.854. The maximum atomic E-state index is 12.3. The highest BCUT2D eigenvalue weighted by atomic mass is 16.2. The molecule has 2 aliphatic rings. The summed E-state index contributed by atoms with van der Waals surface area (Å²) in [5.74, 6) is 2.96. The first kappa shape index (κ1) is 16.8. The second-order valence-electron chi connectivity index (χ2n) is 7.37. The number of amides is 1. The van der Waals surface area contributed by atoms with E-state index in [-0.39, 0.29) is 11.8 Å². The normalized spacial score (nSPS) is 20.1. The summed E-state index contributed by atoms with van der Waals surface area (Å²) in [5.41, 5.74) is 1.18. The molecule has 2 N–H and O–H groups in total. The number of nitrogens with one attached hydrogen (secondary N) is 2. The van der Waals surface area contributed by atoms with Crippen LogP contribution in [0.5, 0.6) is 0 Å². The van der Waals surface area contributed by atoms with Crippen molar-refractivity contribution in [3.63, 3.8) is 0 Å². The molecule has 1 amide bonds. The zero-order valence-electron chi connectivity index (χ0n) is 15.3. The SMILES string of the molecule is CN(C)C(=O)[C@@H]1CCCN(c2nccc(Nc3cc(C4CC4)[nH]n3)n2)C1. The van der Waals surface area contributed by atoms with Crippen LogP contribution in [-0.2, 0) is 4.79 Å². The third-order valence-electron chi connectivity index (χ3n) is 5.01. The van der Waals surface area contributed by atoms with E-state index in [1.165, 1.54) is 18.5 Å². The monoisotopic (exact) mass is 355 g/mol. The predicted octanol–water partition coefficient (Wildman–Crippen LogP) is 2.13.